The van der Waals surface area contributed by atoms with Crippen LogP contribution in [0, 0.1) is 0 Å². The molecule has 2 aliphatic rings. The van der Waals surface area contributed by atoms with Gasteiger partial charge >= 0.3 is 0 Å². The molecule has 19 heavy (non-hydrogen) atoms. The molecule has 2 saturated heterocycles. The van der Waals surface area contributed by atoms with Gasteiger partial charge in [-0.15, -0.1) is 11.3 Å². The molecule has 1 aromatic rings. The van der Waals surface area contributed by atoms with Gasteiger partial charge in [0.15, 0.2) is 0 Å². The van der Waals surface area contributed by atoms with Gasteiger partial charge in [-0.05, 0) is 26.2 Å². The van der Waals surface area contributed by atoms with Gasteiger partial charge in [-0.2, -0.15) is 0 Å². The Labute approximate surface area is 119 Å². The van der Waals surface area contributed by atoms with Gasteiger partial charge in [-0.3, -0.25) is 9.69 Å². The van der Waals surface area contributed by atoms with Crippen LogP contribution in [0.5, 0.6) is 0 Å². The number of carbonyl (C=O) groups is 1. The second kappa shape index (κ2) is 5.33. The van der Waals surface area contributed by atoms with Crippen molar-refractivity contribution in [2.24, 2.45) is 0 Å². The topological polar surface area (TPSA) is 33.2 Å². The Morgan fingerprint density at radius 3 is 2.68 bits per heavy atom. The summed E-state index contributed by atoms with van der Waals surface area (Å²) in [6.45, 7) is 4.44. The predicted molar refractivity (Wildman–Crippen MR) is 77.4 cm³/mol. The smallest absolute Gasteiger partial charge is 0.136 e. The van der Waals surface area contributed by atoms with Crippen LogP contribution >= 0.6 is 11.3 Å². The van der Waals surface area contributed by atoms with E-state index >= 15 is 0 Å². The molecule has 3 atom stereocenters. The molecular formula is C15H22N2OS. The SMILES string of the molecule is CCc1cnc(C(C)N2C3CCCC2CC(=O)C3)s1. The summed E-state index contributed by atoms with van der Waals surface area (Å²) in [6.07, 6.45) is 8.23. The Balaban J connectivity index is 1.82. The fraction of sp³-hybridized carbons (Fsp3) is 0.733. The molecule has 0 saturated carbocycles. The summed E-state index contributed by atoms with van der Waals surface area (Å²) in [5, 5.41) is 1.23. The number of piperidine rings is 2. The van der Waals surface area contributed by atoms with Crippen molar-refractivity contribution in [2.45, 2.75) is 70.5 Å². The van der Waals surface area contributed by atoms with E-state index in [0.29, 0.717) is 23.9 Å². The van der Waals surface area contributed by atoms with Crippen molar-refractivity contribution in [3.8, 4) is 0 Å². The summed E-state index contributed by atoms with van der Waals surface area (Å²) in [4.78, 5) is 20.3. The zero-order chi connectivity index (χ0) is 13.4. The van der Waals surface area contributed by atoms with Crippen LogP contribution in [0.2, 0.25) is 0 Å². The van der Waals surface area contributed by atoms with Crippen LogP contribution < -0.4 is 0 Å². The van der Waals surface area contributed by atoms with Crippen LogP contribution in [0.1, 0.15) is 61.9 Å². The number of aromatic nitrogens is 1. The zero-order valence-electron chi connectivity index (χ0n) is 11.8. The van der Waals surface area contributed by atoms with Gasteiger partial charge < -0.3 is 0 Å². The average Bonchev–Trinajstić information content (AvgIpc) is 2.85. The largest absolute Gasteiger partial charge is 0.300 e. The number of fused-ring (bicyclic) bond motifs is 2. The molecule has 0 aliphatic carbocycles. The number of aryl methyl sites for hydroxylation is 1. The molecule has 0 N–H and O–H groups in total. The molecule has 2 fully saturated rings. The maximum Gasteiger partial charge on any atom is 0.136 e. The van der Waals surface area contributed by atoms with Crippen LogP contribution in [-0.2, 0) is 11.2 Å². The van der Waals surface area contributed by atoms with Crippen molar-refractivity contribution in [2.75, 3.05) is 0 Å². The highest BCUT2D eigenvalue weighted by Gasteiger charge is 2.40. The predicted octanol–water partition coefficient (Wildman–Crippen LogP) is 3.35. The molecule has 104 valence electrons. The molecule has 0 spiro atoms. The molecule has 0 radical (unpaired) electrons. The summed E-state index contributed by atoms with van der Waals surface area (Å²) in [7, 11) is 0. The third kappa shape index (κ3) is 2.48. The van der Waals surface area contributed by atoms with Crippen LogP contribution in [0.25, 0.3) is 0 Å². The lowest BCUT2D eigenvalue weighted by Gasteiger charge is -2.48. The highest BCUT2D eigenvalue weighted by molar-refractivity contribution is 7.11. The highest BCUT2D eigenvalue weighted by Crippen LogP contribution is 2.39. The lowest BCUT2D eigenvalue weighted by Crippen LogP contribution is -2.53. The van der Waals surface area contributed by atoms with Gasteiger partial charge in [0.1, 0.15) is 10.8 Å². The maximum atomic E-state index is 11.8. The van der Waals surface area contributed by atoms with E-state index in [0.717, 1.165) is 19.3 Å². The van der Waals surface area contributed by atoms with E-state index in [-0.39, 0.29) is 0 Å². The number of rotatable bonds is 3. The molecule has 2 bridgehead atoms. The molecular weight excluding hydrogens is 256 g/mol. The first kappa shape index (κ1) is 13.3. The molecule has 3 unspecified atom stereocenters. The summed E-state index contributed by atoms with van der Waals surface area (Å²) < 4.78 is 0. The van der Waals surface area contributed by atoms with E-state index in [4.69, 9.17) is 0 Å². The summed E-state index contributed by atoms with van der Waals surface area (Å²) in [6, 6.07) is 1.29. The van der Waals surface area contributed by atoms with E-state index < -0.39 is 0 Å². The first-order valence-corrected chi connectivity index (χ1v) is 8.24. The van der Waals surface area contributed by atoms with Crippen LogP contribution in [0.15, 0.2) is 6.20 Å². The number of hydrogen-bond acceptors (Lipinski definition) is 4. The molecule has 3 nitrogen and oxygen atoms in total. The molecule has 3 heterocycles. The van der Waals surface area contributed by atoms with Crippen LogP contribution in [0.4, 0.5) is 0 Å². The van der Waals surface area contributed by atoms with Crippen molar-refractivity contribution >= 4 is 17.1 Å². The van der Waals surface area contributed by atoms with Gasteiger partial charge in [0.2, 0.25) is 0 Å². The van der Waals surface area contributed by atoms with Crippen LogP contribution in [-0.4, -0.2) is 27.8 Å². The number of thiazole rings is 1. The third-order valence-electron chi connectivity index (χ3n) is 4.57. The number of Topliss-reactive ketones (excluding diaryl/α,β-unsaturated/α-hetero) is 1. The minimum Gasteiger partial charge on any atom is -0.300 e. The first-order valence-electron chi connectivity index (χ1n) is 7.42. The Morgan fingerprint density at radius 1 is 1.42 bits per heavy atom. The lowest BCUT2D eigenvalue weighted by atomic mass is 9.83. The minimum absolute atomic E-state index is 0.369. The standard InChI is InChI=1S/C15H22N2OS/c1-3-14-9-16-15(19-14)10(2)17-11-5-4-6-12(17)8-13(18)7-11/h9-12H,3-8H2,1-2H3. The Kier molecular flexibility index (Phi) is 3.72. The van der Waals surface area contributed by atoms with Gasteiger partial charge in [0.05, 0.1) is 6.04 Å². The Morgan fingerprint density at radius 2 is 2.11 bits per heavy atom. The second-order valence-corrected chi connectivity index (χ2v) is 6.97. The van der Waals surface area contributed by atoms with E-state index in [1.54, 1.807) is 0 Å². The number of carbonyl (C=O) groups excluding carboxylic acids is 1. The van der Waals surface area contributed by atoms with Crippen molar-refractivity contribution in [3.05, 3.63) is 16.1 Å². The Hall–Kier alpha value is -0.740. The molecule has 1 aromatic heterocycles. The summed E-state index contributed by atoms with van der Waals surface area (Å²) in [5.41, 5.74) is 0. The average molecular weight is 278 g/mol. The zero-order valence-corrected chi connectivity index (χ0v) is 12.6. The maximum absolute atomic E-state index is 11.8. The molecule has 3 rings (SSSR count). The van der Waals surface area contributed by atoms with Gasteiger partial charge in [0, 0.05) is 36.0 Å². The van der Waals surface area contributed by atoms with E-state index in [1.807, 2.05) is 17.5 Å². The van der Waals surface area contributed by atoms with Crippen molar-refractivity contribution in [1.82, 2.24) is 9.88 Å². The fourth-order valence-electron chi connectivity index (χ4n) is 3.65. The van der Waals surface area contributed by atoms with E-state index in [1.165, 1.54) is 29.1 Å². The second-order valence-electron chi connectivity index (χ2n) is 5.83. The molecule has 0 aromatic carbocycles. The van der Waals surface area contributed by atoms with Gasteiger partial charge in [-0.25, -0.2) is 4.98 Å². The van der Waals surface area contributed by atoms with E-state index in [2.05, 4.69) is 23.7 Å². The van der Waals surface area contributed by atoms with Crippen molar-refractivity contribution in [1.29, 1.82) is 0 Å². The van der Waals surface area contributed by atoms with Crippen LogP contribution in [0.3, 0.4) is 0 Å². The van der Waals surface area contributed by atoms with Crippen molar-refractivity contribution < 1.29 is 4.79 Å². The number of ketones is 1. The summed E-state index contributed by atoms with van der Waals surface area (Å²) >= 11 is 1.84. The highest BCUT2D eigenvalue weighted by atomic mass is 32.1. The number of nitrogens with zero attached hydrogens (tertiary/aromatic N) is 2. The fourth-order valence-corrected chi connectivity index (χ4v) is 4.56. The normalized spacial score (nSPS) is 29.5. The Bertz CT molecular complexity index is 454. The molecule has 4 heteroatoms. The quantitative estimate of drug-likeness (QED) is 0.850. The lowest BCUT2D eigenvalue weighted by molar-refractivity contribution is -0.128. The van der Waals surface area contributed by atoms with Crippen molar-refractivity contribution in [3.63, 3.8) is 0 Å². The number of hydrogen-bond donors (Lipinski definition) is 0. The molecule has 0 amide bonds. The van der Waals surface area contributed by atoms with Gasteiger partial charge in [-0.1, -0.05) is 13.3 Å². The van der Waals surface area contributed by atoms with Gasteiger partial charge in [0.25, 0.3) is 0 Å². The van der Waals surface area contributed by atoms with E-state index in [9.17, 15) is 4.79 Å². The monoisotopic (exact) mass is 278 g/mol. The molecule has 2 aliphatic heterocycles. The minimum atomic E-state index is 0.369. The first-order chi connectivity index (χ1) is 9.19. The summed E-state index contributed by atoms with van der Waals surface area (Å²) in [5.74, 6) is 0.464. The third-order valence-corrected chi connectivity index (χ3v) is 5.88.